The molecule has 0 aromatic heterocycles. The minimum Gasteiger partial charge on any atom is -0.495 e. The second-order valence-electron chi connectivity index (χ2n) is 5.80. The number of ether oxygens (including phenoxy) is 2. The number of aryl methyl sites for hydroxylation is 1. The van der Waals surface area contributed by atoms with E-state index < -0.39 is 0 Å². The molecule has 1 N–H and O–H groups in total. The Morgan fingerprint density at radius 1 is 1.16 bits per heavy atom. The minimum atomic E-state index is -0.202. The first-order valence-corrected chi connectivity index (χ1v) is 8.49. The number of benzene rings is 2. The second-order valence-corrected chi connectivity index (χ2v) is 5.80. The average Bonchev–Trinajstić information content (AvgIpc) is 2.61. The highest BCUT2D eigenvalue weighted by Gasteiger charge is 2.05. The van der Waals surface area contributed by atoms with Crippen LogP contribution in [0.4, 0.5) is 5.69 Å². The first kappa shape index (κ1) is 18.6. The third kappa shape index (κ3) is 5.99. The minimum absolute atomic E-state index is 0.202. The number of anilines is 1. The van der Waals surface area contributed by atoms with Crippen molar-refractivity contribution in [2.75, 3.05) is 19.0 Å². The normalized spacial score (nSPS) is 10.7. The molecule has 0 heterocycles. The summed E-state index contributed by atoms with van der Waals surface area (Å²) in [5.41, 5.74) is 2.66. The molecule has 0 fully saturated rings. The van der Waals surface area contributed by atoms with Crippen molar-refractivity contribution >= 4 is 17.7 Å². The van der Waals surface area contributed by atoms with Crippen LogP contribution in [0.5, 0.6) is 11.5 Å². The SMILES string of the molecule is CCCCOc1ccc(C=CC(=O)Nc2cc(C)ccc2OC)cc1. The highest BCUT2D eigenvalue weighted by atomic mass is 16.5. The molecule has 0 saturated heterocycles. The van der Waals surface area contributed by atoms with Gasteiger partial charge in [-0.05, 0) is 54.8 Å². The van der Waals surface area contributed by atoms with Crippen LogP contribution in [0, 0.1) is 6.92 Å². The van der Waals surface area contributed by atoms with E-state index in [1.807, 2.05) is 49.4 Å². The lowest BCUT2D eigenvalue weighted by Gasteiger charge is -2.09. The van der Waals surface area contributed by atoms with E-state index in [2.05, 4.69) is 12.2 Å². The summed E-state index contributed by atoms with van der Waals surface area (Å²) in [4.78, 5) is 12.1. The van der Waals surface area contributed by atoms with Gasteiger partial charge in [0.2, 0.25) is 5.91 Å². The Balaban J connectivity index is 1.95. The third-order valence-electron chi connectivity index (χ3n) is 3.69. The number of amides is 1. The van der Waals surface area contributed by atoms with Gasteiger partial charge in [-0.1, -0.05) is 31.5 Å². The highest BCUT2D eigenvalue weighted by molar-refractivity contribution is 6.02. The van der Waals surface area contributed by atoms with Gasteiger partial charge in [-0.2, -0.15) is 0 Å². The number of hydrogen-bond acceptors (Lipinski definition) is 3. The second kappa shape index (κ2) is 9.52. The Morgan fingerprint density at radius 2 is 1.92 bits per heavy atom. The fourth-order valence-electron chi connectivity index (χ4n) is 2.28. The van der Waals surface area contributed by atoms with Crippen LogP contribution >= 0.6 is 0 Å². The van der Waals surface area contributed by atoms with Crippen molar-refractivity contribution in [3.8, 4) is 11.5 Å². The maximum atomic E-state index is 12.1. The topological polar surface area (TPSA) is 47.6 Å². The summed E-state index contributed by atoms with van der Waals surface area (Å²) in [6.07, 6.45) is 5.44. The quantitative estimate of drug-likeness (QED) is 0.553. The molecule has 0 radical (unpaired) electrons. The lowest BCUT2D eigenvalue weighted by Crippen LogP contribution is -2.09. The molecule has 0 unspecified atom stereocenters. The molecule has 2 rings (SSSR count). The molecule has 0 bridgehead atoms. The monoisotopic (exact) mass is 339 g/mol. The number of carbonyl (C=O) groups excluding carboxylic acids is 1. The van der Waals surface area contributed by atoms with Crippen LogP contribution in [0.25, 0.3) is 6.08 Å². The molecule has 0 saturated carbocycles. The predicted octanol–water partition coefficient (Wildman–Crippen LogP) is 4.83. The number of hydrogen-bond donors (Lipinski definition) is 1. The van der Waals surface area contributed by atoms with E-state index in [4.69, 9.17) is 9.47 Å². The number of carbonyl (C=O) groups is 1. The lowest BCUT2D eigenvalue weighted by molar-refractivity contribution is -0.111. The van der Waals surface area contributed by atoms with Crippen molar-refractivity contribution in [1.82, 2.24) is 0 Å². The van der Waals surface area contributed by atoms with Gasteiger partial charge in [-0.25, -0.2) is 0 Å². The van der Waals surface area contributed by atoms with Crippen LogP contribution in [0.2, 0.25) is 0 Å². The summed E-state index contributed by atoms with van der Waals surface area (Å²) < 4.78 is 10.9. The number of nitrogens with one attached hydrogen (secondary N) is 1. The zero-order valence-corrected chi connectivity index (χ0v) is 15.0. The first-order chi connectivity index (χ1) is 12.1. The standard InChI is InChI=1S/C21H25NO3/c1-4-5-14-25-18-10-7-17(8-11-18)9-13-21(23)22-19-15-16(2)6-12-20(19)24-3/h6-13,15H,4-5,14H2,1-3H3,(H,22,23). The van der Waals surface area contributed by atoms with Crippen LogP contribution in [0.3, 0.4) is 0 Å². The van der Waals surface area contributed by atoms with Gasteiger partial charge in [0.15, 0.2) is 0 Å². The van der Waals surface area contributed by atoms with E-state index in [0.717, 1.165) is 36.3 Å². The van der Waals surface area contributed by atoms with Gasteiger partial charge in [0.05, 0.1) is 19.4 Å². The summed E-state index contributed by atoms with van der Waals surface area (Å²) in [6, 6.07) is 13.3. The van der Waals surface area contributed by atoms with Gasteiger partial charge in [-0.3, -0.25) is 4.79 Å². The number of unbranched alkanes of at least 4 members (excludes halogenated alkanes) is 1. The Morgan fingerprint density at radius 3 is 2.60 bits per heavy atom. The van der Waals surface area contributed by atoms with Crippen molar-refractivity contribution in [3.63, 3.8) is 0 Å². The fourth-order valence-corrected chi connectivity index (χ4v) is 2.28. The van der Waals surface area contributed by atoms with E-state index in [-0.39, 0.29) is 5.91 Å². The first-order valence-electron chi connectivity index (χ1n) is 8.49. The molecule has 4 heteroatoms. The molecule has 0 aliphatic carbocycles. The van der Waals surface area contributed by atoms with E-state index in [9.17, 15) is 4.79 Å². The fraction of sp³-hybridized carbons (Fsp3) is 0.286. The van der Waals surface area contributed by atoms with Gasteiger partial charge in [0, 0.05) is 6.08 Å². The molecule has 132 valence electrons. The summed E-state index contributed by atoms with van der Waals surface area (Å²) in [6.45, 7) is 4.83. The molecule has 0 spiro atoms. The molecular formula is C21H25NO3. The van der Waals surface area contributed by atoms with Crippen molar-refractivity contribution in [3.05, 3.63) is 59.7 Å². The van der Waals surface area contributed by atoms with Gasteiger partial charge >= 0.3 is 0 Å². The van der Waals surface area contributed by atoms with Crippen LogP contribution in [0.15, 0.2) is 48.5 Å². The van der Waals surface area contributed by atoms with E-state index in [0.29, 0.717) is 11.4 Å². The summed E-state index contributed by atoms with van der Waals surface area (Å²) in [7, 11) is 1.58. The maximum Gasteiger partial charge on any atom is 0.248 e. The van der Waals surface area contributed by atoms with Crippen molar-refractivity contribution in [1.29, 1.82) is 0 Å². The van der Waals surface area contributed by atoms with Crippen LogP contribution in [-0.4, -0.2) is 19.6 Å². The van der Waals surface area contributed by atoms with Gasteiger partial charge in [-0.15, -0.1) is 0 Å². The zero-order valence-electron chi connectivity index (χ0n) is 15.0. The molecule has 1 amide bonds. The van der Waals surface area contributed by atoms with E-state index in [1.165, 1.54) is 6.08 Å². The summed E-state index contributed by atoms with van der Waals surface area (Å²) in [5, 5.41) is 2.84. The Hall–Kier alpha value is -2.75. The van der Waals surface area contributed by atoms with Crippen LogP contribution < -0.4 is 14.8 Å². The maximum absolute atomic E-state index is 12.1. The predicted molar refractivity (Wildman–Crippen MR) is 102 cm³/mol. The average molecular weight is 339 g/mol. The third-order valence-corrected chi connectivity index (χ3v) is 3.69. The van der Waals surface area contributed by atoms with Crippen LogP contribution in [-0.2, 0) is 4.79 Å². The smallest absolute Gasteiger partial charge is 0.248 e. The molecule has 2 aromatic rings. The number of rotatable bonds is 8. The molecule has 0 atom stereocenters. The summed E-state index contributed by atoms with van der Waals surface area (Å²) in [5.74, 6) is 1.28. The van der Waals surface area contributed by atoms with Gasteiger partial charge in [0.25, 0.3) is 0 Å². The molecule has 4 nitrogen and oxygen atoms in total. The van der Waals surface area contributed by atoms with Gasteiger partial charge in [0.1, 0.15) is 11.5 Å². The van der Waals surface area contributed by atoms with E-state index >= 15 is 0 Å². The van der Waals surface area contributed by atoms with E-state index in [1.54, 1.807) is 13.2 Å². The highest BCUT2D eigenvalue weighted by Crippen LogP contribution is 2.25. The van der Waals surface area contributed by atoms with Gasteiger partial charge < -0.3 is 14.8 Å². The lowest BCUT2D eigenvalue weighted by atomic mass is 10.2. The number of methoxy groups -OCH3 is 1. The van der Waals surface area contributed by atoms with Crippen molar-refractivity contribution in [2.24, 2.45) is 0 Å². The largest absolute Gasteiger partial charge is 0.495 e. The van der Waals surface area contributed by atoms with Crippen molar-refractivity contribution < 1.29 is 14.3 Å². The molecular weight excluding hydrogens is 314 g/mol. The molecule has 25 heavy (non-hydrogen) atoms. The summed E-state index contributed by atoms with van der Waals surface area (Å²) >= 11 is 0. The van der Waals surface area contributed by atoms with Crippen LogP contribution in [0.1, 0.15) is 30.9 Å². The Kier molecular flexibility index (Phi) is 7.08. The Bertz CT molecular complexity index is 720. The molecule has 0 aliphatic rings. The Labute approximate surface area is 149 Å². The van der Waals surface area contributed by atoms with Crippen molar-refractivity contribution in [2.45, 2.75) is 26.7 Å². The zero-order chi connectivity index (χ0) is 18.1. The molecule has 0 aliphatic heterocycles. The molecule has 2 aromatic carbocycles.